The highest BCUT2D eigenvalue weighted by Crippen LogP contribution is 2.17. The zero-order valence-corrected chi connectivity index (χ0v) is 11.2. The van der Waals surface area contributed by atoms with Gasteiger partial charge in [0.05, 0.1) is 21.4 Å². The lowest BCUT2D eigenvalue weighted by molar-refractivity contribution is -0.118. The fourth-order valence-corrected chi connectivity index (χ4v) is 2.33. The zero-order chi connectivity index (χ0) is 13.7. The van der Waals surface area contributed by atoms with Crippen LogP contribution in [0, 0.1) is 11.7 Å². The molecule has 18 heavy (non-hydrogen) atoms. The van der Waals surface area contributed by atoms with Crippen LogP contribution in [-0.2, 0) is 15.6 Å². The normalized spacial score (nSPS) is 12.4. The second-order valence-electron chi connectivity index (χ2n) is 4.37. The maximum absolute atomic E-state index is 12.8. The molecule has 4 nitrogen and oxygen atoms in total. The Kier molecular flexibility index (Phi) is 5.27. The third-order valence-electron chi connectivity index (χ3n) is 2.19. The van der Waals surface area contributed by atoms with E-state index in [9.17, 15) is 13.4 Å². The summed E-state index contributed by atoms with van der Waals surface area (Å²) in [6, 6.07) is 3.62. The molecule has 1 atom stereocenters. The van der Waals surface area contributed by atoms with E-state index in [0.29, 0.717) is 12.5 Å². The standard InChI is InChI=1S/C12H17FN2O2S/c1-8(2)6-15-12(16)7-18(17)11-4-3-9(13)5-10(11)14/h3-5,8H,6-7,14H2,1-2H3,(H,15,16). The fourth-order valence-electron chi connectivity index (χ4n) is 1.29. The van der Waals surface area contributed by atoms with Crippen LogP contribution in [-0.4, -0.2) is 22.4 Å². The van der Waals surface area contributed by atoms with Crippen molar-refractivity contribution in [3.8, 4) is 0 Å². The Balaban J connectivity index is 2.62. The molecule has 1 rings (SSSR count). The van der Waals surface area contributed by atoms with Crippen molar-refractivity contribution < 1.29 is 13.4 Å². The summed E-state index contributed by atoms with van der Waals surface area (Å²) < 4.78 is 24.7. The molecule has 100 valence electrons. The molecular formula is C12H17FN2O2S. The molecule has 0 aliphatic heterocycles. The van der Waals surface area contributed by atoms with Crippen molar-refractivity contribution in [2.45, 2.75) is 18.7 Å². The van der Waals surface area contributed by atoms with Gasteiger partial charge in [-0.15, -0.1) is 0 Å². The molecule has 1 aromatic rings. The van der Waals surface area contributed by atoms with Gasteiger partial charge in [0.25, 0.3) is 0 Å². The van der Waals surface area contributed by atoms with Crippen molar-refractivity contribution >= 4 is 22.4 Å². The highest BCUT2D eigenvalue weighted by atomic mass is 32.2. The maximum Gasteiger partial charge on any atom is 0.233 e. The minimum Gasteiger partial charge on any atom is -0.398 e. The van der Waals surface area contributed by atoms with Crippen LogP contribution >= 0.6 is 0 Å². The summed E-state index contributed by atoms with van der Waals surface area (Å²) in [5, 5.41) is 2.67. The fraction of sp³-hybridized carbons (Fsp3) is 0.417. The number of anilines is 1. The molecule has 0 saturated heterocycles. The first-order valence-electron chi connectivity index (χ1n) is 5.60. The molecule has 0 bridgehead atoms. The predicted octanol–water partition coefficient (Wildman–Crippen LogP) is 1.29. The molecule has 0 saturated carbocycles. The van der Waals surface area contributed by atoms with E-state index in [2.05, 4.69) is 5.32 Å². The number of hydrogen-bond acceptors (Lipinski definition) is 3. The van der Waals surface area contributed by atoms with Crippen LogP contribution in [0.25, 0.3) is 0 Å². The van der Waals surface area contributed by atoms with Gasteiger partial charge in [-0.2, -0.15) is 0 Å². The predicted molar refractivity (Wildman–Crippen MR) is 69.9 cm³/mol. The SMILES string of the molecule is CC(C)CNC(=O)CS(=O)c1ccc(F)cc1N. The number of nitrogens with two attached hydrogens (primary N) is 1. The Labute approximate surface area is 108 Å². The summed E-state index contributed by atoms with van der Waals surface area (Å²) in [5.74, 6) is -0.621. The van der Waals surface area contributed by atoms with E-state index in [1.807, 2.05) is 13.8 Å². The molecular weight excluding hydrogens is 255 g/mol. The zero-order valence-electron chi connectivity index (χ0n) is 10.4. The molecule has 3 N–H and O–H groups in total. The first-order valence-corrected chi connectivity index (χ1v) is 6.92. The van der Waals surface area contributed by atoms with E-state index in [0.717, 1.165) is 6.07 Å². The van der Waals surface area contributed by atoms with Gasteiger partial charge < -0.3 is 11.1 Å². The largest absolute Gasteiger partial charge is 0.398 e. The monoisotopic (exact) mass is 272 g/mol. The average Bonchev–Trinajstić information content (AvgIpc) is 2.26. The minimum atomic E-state index is -1.55. The summed E-state index contributed by atoms with van der Waals surface area (Å²) in [4.78, 5) is 11.8. The van der Waals surface area contributed by atoms with Gasteiger partial charge in [-0.3, -0.25) is 9.00 Å². The summed E-state index contributed by atoms with van der Waals surface area (Å²) in [6.45, 7) is 4.47. The van der Waals surface area contributed by atoms with Gasteiger partial charge in [0.15, 0.2) is 0 Å². The Morgan fingerprint density at radius 3 is 2.72 bits per heavy atom. The second-order valence-corrected chi connectivity index (χ2v) is 5.79. The molecule has 0 fully saturated rings. The Hall–Kier alpha value is -1.43. The lowest BCUT2D eigenvalue weighted by Gasteiger charge is -2.08. The third-order valence-corrected chi connectivity index (χ3v) is 3.57. The Morgan fingerprint density at radius 1 is 1.50 bits per heavy atom. The highest BCUT2D eigenvalue weighted by Gasteiger charge is 2.13. The molecule has 0 aromatic heterocycles. The molecule has 0 spiro atoms. The van der Waals surface area contributed by atoms with E-state index < -0.39 is 16.6 Å². The average molecular weight is 272 g/mol. The first-order chi connectivity index (χ1) is 8.40. The molecule has 0 aliphatic carbocycles. The number of hydrogen-bond donors (Lipinski definition) is 2. The van der Waals surface area contributed by atoms with Crippen LogP contribution in [0.3, 0.4) is 0 Å². The quantitative estimate of drug-likeness (QED) is 0.793. The van der Waals surface area contributed by atoms with E-state index in [4.69, 9.17) is 5.73 Å². The van der Waals surface area contributed by atoms with Crippen LogP contribution in [0.4, 0.5) is 10.1 Å². The molecule has 1 amide bonds. The summed E-state index contributed by atoms with van der Waals surface area (Å²) in [6.07, 6.45) is 0. The van der Waals surface area contributed by atoms with Crippen LogP contribution < -0.4 is 11.1 Å². The smallest absolute Gasteiger partial charge is 0.233 e. The van der Waals surface area contributed by atoms with Crippen LogP contribution in [0.15, 0.2) is 23.1 Å². The van der Waals surface area contributed by atoms with E-state index in [1.54, 1.807) is 0 Å². The van der Waals surface area contributed by atoms with Crippen molar-refractivity contribution in [3.05, 3.63) is 24.0 Å². The molecule has 0 radical (unpaired) electrons. The van der Waals surface area contributed by atoms with E-state index >= 15 is 0 Å². The van der Waals surface area contributed by atoms with Gasteiger partial charge in [0, 0.05) is 6.54 Å². The number of carbonyl (C=O) groups is 1. The lowest BCUT2D eigenvalue weighted by atomic mass is 10.2. The number of carbonyl (C=O) groups excluding carboxylic acids is 1. The van der Waals surface area contributed by atoms with Gasteiger partial charge in [-0.1, -0.05) is 13.8 Å². The number of amides is 1. The van der Waals surface area contributed by atoms with Gasteiger partial charge in [-0.05, 0) is 24.1 Å². The first kappa shape index (κ1) is 14.6. The molecule has 6 heteroatoms. The van der Waals surface area contributed by atoms with Gasteiger partial charge >= 0.3 is 0 Å². The molecule has 1 aromatic carbocycles. The van der Waals surface area contributed by atoms with Gasteiger partial charge in [0.1, 0.15) is 11.6 Å². The molecule has 1 unspecified atom stereocenters. The number of halogens is 1. The third kappa shape index (κ3) is 4.44. The van der Waals surface area contributed by atoms with Crippen molar-refractivity contribution in [1.29, 1.82) is 0 Å². The summed E-state index contributed by atoms with van der Waals surface area (Å²) >= 11 is 0. The summed E-state index contributed by atoms with van der Waals surface area (Å²) in [7, 11) is -1.55. The van der Waals surface area contributed by atoms with Crippen molar-refractivity contribution in [1.82, 2.24) is 5.32 Å². The Morgan fingerprint density at radius 2 is 2.17 bits per heavy atom. The van der Waals surface area contributed by atoms with Crippen molar-refractivity contribution in [3.63, 3.8) is 0 Å². The minimum absolute atomic E-state index is 0.102. The number of nitrogens with one attached hydrogen (secondary N) is 1. The van der Waals surface area contributed by atoms with Crippen LogP contribution in [0.5, 0.6) is 0 Å². The van der Waals surface area contributed by atoms with E-state index in [1.165, 1.54) is 12.1 Å². The lowest BCUT2D eigenvalue weighted by Crippen LogP contribution is -2.31. The number of rotatable bonds is 5. The van der Waals surface area contributed by atoms with Crippen molar-refractivity contribution in [2.75, 3.05) is 18.0 Å². The van der Waals surface area contributed by atoms with Crippen LogP contribution in [0.1, 0.15) is 13.8 Å². The molecule has 0 heterocycles. The number of nitrogen functional groups attached to an aromatic ring is 1. The summed E-state index contributed by atoms with van der Waals surface area (Å²) in [5.41, 5.74) is 5.66. The maximum atomic E-state index is 12.8. The highest BCUT2D eigenvalue weighted by molar-refractivity contribution is 7.86. The molecule has 0 aliphatic rings. The van der Waals surface area contributed by atoms with Crippen molar-refractivity contribution in [2.24, 2.45) is 5.92 Å². The van der Waals surface area contributed by atoms with Crippen LogP contribution in [0.2, 0.25) is 0 Å². The number of benzene rings is 1. The Bertz CT molecular complexity index is 463. The van der Waals surface area contributed by atoms with E-state index in [-0.39, 0.29) is 22.2 Å². The van der Waals surface area contributed by atoms with Gasteiger partial charge in [-0.25, -0.2) is 4.39 Å². The second kappa shape index (κ2) is 6.49. The topological polar surface area (TPSA) is 72.2 Å². The van der Waals surface area contributed by atoms with Gasteiger partial charge in [0.2, 0.25) is 5.91 Å².